The quantitative estimate of drug-likeness (QED) is 0.856. The van der Waals surface area contributed by atoms with Gasteiger partial charge in [-0.3, -0.25) is 4.79 Å². The molecule has 17 heavy (non-hydrogen) atoms. The number of aromatic amines is 1. The first kappa shape index (κ1) is 11.2. The topological polar surface area (TPSA) is 61.0 Å². The van der Waals surface area contributed by atoms with Gasteiger partial charge in [-0.15, -0.1) is 0 Å². The fraction of sp³-hybridized carbons (Fsp3) is 0.636. The van der Waals surface area contributed by atoms with Crippen LogP contribution < -0.4 is 10.9 Å². The Morgan fingerprint density at radius 3 is 2.88 bits per heavy atom. The van der Waals surface area contributed by atoms with Crippen LogP contribution in [-0.2, 0) is 0 Å². The van der Waals surface area contributed by atoms with Crippen LogP contribution in [0.1, 0.15) is 12.8 Å². The van der Waals surface area contributed by atoms with Gasteiger partial charge in [-0.1, -0.05) is 0 Å². The van der Waals surface area contributed by atoms with Crippen LogP contribution in [-0.4, -0.2) is 40.8 Å². The van der Waals surface area contributed by atoms with Crippen LogP contribution in [0.4, 0.5) is 5.69 Å². The highest BCUT2D eigenvalue weighted by molar-refractivity contribution is 9.10. The van der Waals surface area contributed by atoms with E-state index >= 15 is 0 Å². The maximum absolute atomic E-state index is 11.4. The second kappa shape index (κ2) is 4.42. The van der Waals surface area contributed by atoms with Crippen molar-refractivity contribution in [2.45, 2.75) is 18.9 Å². The Morgan fingerprint density at radius 2 is 2.24 bits per heavy atom. The smallest absolute Gasteiger partial charge is 0.280 e. The minimum atomic E-state index is -0.184. The molecule has 0 amide bonds. The van der Waals surface area contributed by atoms with Crippen LogP contribution in [0.15, 0.2) is 15.5 Å². The van der Waals surface area contributed by atoms with E-state index in [1.54, 1.807) is 6.20 Å². The predicted octanol–water partition coefficient (Wildman–Crippen LogP) is 1.04. The largest absolute Gasteiger partial charge is 0.378 e. The molecule has 0 aliphatic carbocycles. The van der Waals surface area contributed by atoms with E-state index in [0.717, 1.165) is 18.2 Å². The van der Waals surface area contributed by atoms with Gasteiger partial charge in [0.15, 0.2) is 0 Å². The molecule has 3 aliphatic heterocycles. The first-order valence-electron chi connectivity index (χ1n) is 5.96. The molecule has 2 N–H and O–H groups in total. The van der Waals surface area contributed by atoms with Crippen LogP contribution in [0.5, 0.6) is 0 Å². The van der Waals surface area contributed by atoms with Crippen molar-refractivity contribution >= 4 is 21.6 Å². The van der Waals surface area contributed by atoms with Gasteiger partial charge in [0.2, 0.25) is 0 Å². The molecule has 4 rings (SSSR count). The van der Waals surface area contributed by atoms with E-state index in [4.69, 9.17) is 0 Å². The fourth-order valence-electron chi connectivity index (χ4n) is 2.81. The Labute approximate surface area is 108 Å². The van der Waals surface area contributed by atoms with Crippen LogP contribution in [0.2, 0.25) is 0 Å². The van der Waals surface area contributed by atoms with Gasteiger partial charge < -0.3 is 10.2 Å². The summed E-state index contributed by atoms with van der Waals surface area (Å²) in [5.74, 6) is 0.728. The average molecular weight is 299 g/mol. The third-order valence-electron chi connectivity index (χ3n) is 3.79. The minimum absolute atomic E-state index is 0.184. The molecular weight excluding hydrogens is 284 g/mol. The van der Waals surface area contributed by atoms with Crippen molar-refractivity contribution in [3.8, 4) is 0 Å². The summed E-state index contributed by atoms with van der Waals surface area (Å²) in [6, 6.07) is 0.442. The van der Waals surface area contributed by atoms with Crippen LogP contribution in [0.25, 0.3) is 0 Å². The van der Waals surface area contributed by atoms with Gasteiger partial charge >= 0.3 is 0 Å². The lowest BCUT2D eigenvalue weighted by Gasteiger charge is -2.45. The molecule has 1 aromatic rings. The third-order valence-corrected chi connectivity index (χ3v) is 4.58. The number of anilines is 1. The highest BCUT2D eigenvalue weighted by Gasteiger charge is 2.34. The maximum Gasteiger partial charge on any atom is 0.280 e. The molecule has 3 fully saturated rings. The van der Waals surface area contributed by atoms with Gasteiger partial charge in [0.05, 0.1) is 11.9 Å². The number of nitrogens with zero attached hydrogens (tertiary/aromatic N) is 2. The number of halogens is 1. The van der Waals surface area contributed by atoms with Crippen molar-refractivity contribution in [3.05, 3.63) is 21.0 Å². The lowest BCUT2D eigenvalue weighted by Crippen LogP contribution is -2.53. The molecule has 92 valence electrons. The molecule has 3 aliphatic rings. The van der Waals surface area contributed by atoms with Crippen molar-refractivity contribution in [1.82, 2.24) is 15.1 Å². The Kier molecular flexibility index (Phi) is 2.92. The molecule has 2 bridgehead atoms. The molecule has 1 atom stereocenters. The standard InChI is InChI=1S/C11H15BrN4O/c12-10-8(5-13-15-11(10)17)14-9-6-16-3-1-7(9)2-4-16/h5,7,9H,1-4,6H2,(H2,14,15,17). The second-order valence-electron chi connectivity index (χ2n) is 4.82. The lowest BCUT2D eigenvalue weighted by atomic mass is 9.84. The molecule has 1 aromatic heterocycles. The van der Waals surface area contributed by atoms with E-state index in [1.165, 1.54) is 25.9 Å². The van der Waals surface area contributed by atoms with Crippen LogP contribution >= 0.6 is 15.9 Å². The summed E-state index contributed by atoms with van der Waals surface area (Å²) >= 11 is 3.30. The van der Waals surface area contributed by atoms with Crippen LogP contribution in [0, 0.1) is 5.92 Å². The van der Waals surface area contributed by atoms with E-state index in [-0.39, 0.29) is 5.56 Å². The Bertz CT molecular complexity index is 467. The zero-order valence-electron chi connectivity index (χ0n) is 9.45. The Balaban J connectivity index is 1.79. The highest BCUT2D eigenvalue weighted by atomic mass is 79.9. The predicted molar refractivity (Wildman–Crippen MR) is 69.1 cm³/mol. The van der Waals surface area contributed by atoms with E-state index in [0.29, 0.717) is 10.5 Å². The Morgan fingerprint density at radius 1 is 1.47 bits per heavy atom. The number of nitrogens with one attached hydrogen (secondary N) is 2. The molecule has 0 aromatic carbocycles. The molecule has 5 nitrogen and oxygen atoms in total. The van der Waals surface area contributed by atoms with Crippen LogP contribution in [0.3, 0.4) is 0 Å². The average Bonchev–Trinajstić information content (AvgIpc) is 2.36. The van der Waals surface area contributed by atoms with Crippen molar-refractivity contribution in [3.63, 3.8) is 0 Å². The molecule has 4 heterocycles. The number of rotatable bonds is 2. The molecule has 0 spiro atoms. The van der Waals surface area contributed by atoms with Gasteiger partial charge in [-0.2, -0.15) is 5.10 Å². The summed E-state index contributed by atoms with van der Waals surface area (Å²) in [5.41, 5.74) is 0.615. The molecule has 0 radical (unpaired) electrons. The third kappa shape index (κ3) is 2.11. The van der Waals surface area contributed by atoms with Crippen molar-refractivity contribution in [2.24, 2.45) is 5.92 Å². The fourth-order valence-corrected chi connectivity index (χ4v) is 3.12. The number of hydrogen-bond acceptors (Lipinski definition) is 4. The van der Waals surface area contributed by atoms with Gasteiger partial charge in [0.1, 0.15) is 4.47 Å². The van der Waals surface area contributed by atoms with Gasteiger partial charge in [0.25, 0.3) is 5.56 Å². The summed E-state index contributed by atoms with van der Waals surface area (Å²) < 4.78 is 0.545. The molecule has 0 saturated carbocycles. The molecular formula is C11H15BrN4O. The zero-order valence-corrected chi connectivity index (χ0v) is 11.0. The number of H-pyrrole nitrogens is 1. The lowest BCUT2D eigenvalue weighted by molar-refractivity contribution is 0.0975. The monoisotopic (exact) mass is 298 g/mol. The second-order valence-corrected chi connectivity index (χ2v) is 5.61. The normalized spacial score (nSPS) is 31.5. The summed E-state index contributed by atoms with van der Waals surface area (Å²) in [6.45, 7) is 3.51. The molecule has 6 heteroatoms. The van der Waals surface area contributed by atoms with E-state index < -0.39 is 0 Å². The number of aromatic nitrogens is 2. The van der Waals surface area contributed by atoms with Gasteiger partial charge in [0, 0.05) is 12.6 Å². The molecule has 1 unspecified atom stereocenters. The van der Waals surface area contributed by atoms with Gasteiger partial charge in [-0.05, 0) is 47.8 Å². The molecule has 3 saturated heterocycles. The number of piperidine rings is 3. The number of hydrogen-bond donors (Lipinski definition) is 2. The minimum Gasteiger partial charge on any atom is -0.378 e. The van der Waals surface area contributed by atoms with Crippen molar-refractivity contribution < 1.29 is 0 Å². The summed E-state index contributed by atoms with van der Waals surface area (Å²) in [7, 11) is 0. The summed E-state index contributed by atoms with van der Waals surface area (Å²) in [5, 5.41) is 9.69. The van der Waals surface area contributed by atoms with E-state index in [2.05, 4.69) is 36.3 Å². The first-order chi connectivity index (χ1) is 8.24. The van der Waals surface area contributed by atoms with E-state index in [1.807, 2.05) is 0 Å². The van der Waals surface area contributed by atoms with Crippen molar-refractivity contribution in [2.75, 3.05) is 25.0 Å². The Hall–Kier alpha value is -0.880. The number of fused-ring (bicyclic) bond motifs is 3. The highest BCUT2D eigenvalue weighted by Crippen LogP contribution is 2.30. The summed E-state index contributed by atoms with van der Waals surface area (Å²) in [6.07, 6.45) is 4.18. The first-order valence-corrected chi connectivity index (χ1v) is 6.75. The zero-order chi connectivity index (χ0) is 11.8. The SMILES string of the molecule is O=c1[nH]ncc(NC2CN3CCC2CC3)c1Br. The maximum atomic E-state index is 11.4. The van der Waals surface area contributed by atoms with E-state index in [9.17, 15) is 4.79 Å². The van der Waals surface area contributed by atoms with Crippen molar-refractivity contribution in [1.29, 1.82) is 0 Å². The summed E-state index contributed by atoms with van der Waals surface area (Å²) in [4.78, 5) is 13.9. The van der Waals surface area contributed by atoms with Gasteiger partial charge in [-0.25, -0.2) is 5.10 Å².